The Balaban J connectivity index is 2.01. The Morgan fingerprint density at radius 1 is 1.40 bits per heavy atom. The number of carbonyl (C=O) groups excluding carboxylic acids is 1. The minimum Gasteiger partial charge on any atom is -0.465 e. The first-order valence-corrected chi connectivity index (χ1v) is 8.55. The van der Waals surface area contributed by atoms with Crippen molar-refractivity contribution in [2.75, 3.05) is 12.4 Å². The average molecular weight is 357 g/mol. The van der Waals surface area contributed by atoms with Gasteiger partial charge in [-0.25, -0.2) is 4.79 Å². The van der Waals surface area contributed by atoms with Crippen LogP contribution in [0.25, 0.3) is 0 Å². The van der Waals surface area contributed by atoms with E-state index in [4.69, 9.17) is 0 Å². The number of hydrogen-bond acceptors (Lipinski definition) is 7. The van der Waals surface area contributed by atoms with Gasteiger partial charge in [0, 0.05) is 10.9 Å². The van der Waals surface area contributed by atoms with Gasteiger partial charge in [0.15, 0.2) is 0 Å². The molecule has 0 radical (unpaired) electrons. The molecule has 1 N–H and O–H groups in total. The number of nitriles is 1. The lowest BCUT2D eigenvalue weighted by molar-refractivity contribution is -0.383. The average Bonchev–Trinajstić information content (AvgIpc) is 2.98. The summed E-state index contributed by atoms with van der Waals surface area (Å²) in [5.41, 5.74) is 1.72. The van der Waals surface area contributed by atoms with Crippen LogP contribution in [-0.2, 0) is 17.6 Å². The van der Waals surface area contributed by atoms with Gasteiger partial charge in [-0.15, -0.1) is 11.3 Å². The van der Waals surface area contributed by atoms with Crippen molar-refractivity contribution in [1.82, 2.24) is 0 Å². The molecular weight excluding hydrogens is 342 g/mol. The lowest BCUT2D eigenvalue weighted by Gasteiger charge is -2.09. The largest absolute Gasteiger partial charge is 0.465 e. The van der Waals surface area contributed by atoms with Crippen molar-refractivity contribution in [3.63, 3.8) is 0 Å². The molecule has 0 aliphatic heterocycles. The molecule has 1 aliphatic rings. The fourth-order valence-electron chi connectivity index (χ4n) is 2.93. The van der Waals surface area contributed by atoms with E-state index in [9.17, 15) is 20.2 Å². The minimum atomic E-state index is -0.640. The molecule has 0 atom stereocenters. The Morgan fingerprint density at radius 2 is 2.16 bits per heavy atom. The van der Waals surface area contributed by atoms with E-state index < -0.39 is 10.9 Å². The monoisotopic (exact) mass is 357 g/mol. The SMILES string of the molecule is COC(=O)c1ccc(Nc2sc3c(c2C#N)CCCC3)c([N+](=O)[O-])c1. The van der Waals surface area contributed by atoms with E-state index >= 15 is 0 Å². The summed E-state index contributed by atoms with van der Waals surface area (Å²) in [6, 6.07) is 6.31. The molecule has 1 aromatic heterocycles. The second-order valence-electron chi connectivity index (χ2n) is 5.63. The normalized spacial score (nSPS) is 12.8. The number of fused-ring (bicyclic) bond motifs is 1. The number of methoxy groups -OCH3 is 1. The summed E-state index contributed by atoms with van der Waals surface area (Å²) in [4.78, 5) is 23.6. The number of nitrogens with one attached hydrogen (secondary N) is 1. The van der Waals surface area contributed by atoms with Gasteiger partial charge in [0.05, 0.1) is 23.2 Å². The molecule has 128 valence electrons. The molecule has 1 aliphatic carbocycles. The van der Waals surface area contributed by atoms with Crippen molar-refractivity contribution in [3.8, 4) is 6.07 Å². The van der Waals surface area contributed by atoms with Crippen molar-refractivity contribution >= 4 is 33.7 Å². The number of rotatable bonds is 4. The van der Waals surface area contributed by atoms with E-state index in [1.807, 2.05) is 0 Å². The van der Waals surface area contributed by atoms with Crippen LogP contribution in [0, 0.1) is 21.4 Å². The number of thiophene rings is 1. The summed E-state index contributed by atoms with van der Waals surface area (Å²) >= 11 is 1.47. The molecule has 3 rings (SSSR count). The lowest BCUT2D eigenvalue weighted by Crippen LogP contribution is -2.04. The number of anilines is 2. The van der Waals surface area contributed by atoms with Crippen LogP contribution in [0.4, 0.5) is 16.4 Å². The molecule has 8 heteroatoms. The van der Waals surface area contributed by atoms with E-state index in [1.165, 1.54) is 41.5 Å². The molecule has 1 heterocycles. The Kier molecular flexibility index (Phi) is 4.67. The van der Waals surface area contributed by atoms with Crippen molar-refractivity contribution in [3.05, 3.63) is 49.9 Å². The standard InChI is InChI=1S/C17H15N3O4S/c1-24-17(21)10-6-7-13(14(8-10)20(22)23)19-16-12(9-18)11-4-2-3-5-15(11)25-16/h6-8,19H,2-5H2,1H3. The molecule has 0 fully saturated rings. The van der Waals surface area contributed by atoms with Gasteiger partial charge in [-0.2, -0.15) is 5.26 Å². The third-order valence-electron chi connectivity index (χ3n) is 4.15. The topological polar surface area (TPSA) is 105 Å². The van der Waals surface area contributed by atoms with Gasteiger partial charge in [-0.1, -0.05) is 0 Å². The predicted octanol–water partition coefficient (Wildman–Crippen LogP) is 3.94. The molecular formula is C17H15N3O4S. The Morgan fingerprint density at radius 3 is 2.84 bits per heavy atom. The number of benzene rings is 1. The van der Waals surface area contributed by atoms with Crippen LogP contribution in [0.2, 0.25) is 0 Å². The molecule has 0 unspecified atom stereocenters. The highest BCUT2D eigenvalue weighted by molar-refractivity contribution is 7.16. The number of nitrogens with zero attached hydrogens (tertiary/aromatic N) is 2. The number of hydrogen-bond donors (Lipinski definition) is 1. The van der Waals surface area contributed by atoms with Gasteiger partial charge in [-0.05, 0) is 43.4 Å². The number of ether oxygens (including phenoxy) is 1. The zero-order valence-electron chi connectivity index (χ0n) is 13.5. The third kappa shape index (κ3) is 3.19. The Bertz CT molecular complexity index is 898. The molecule has 2 aromatic rings. The van der Waals surface area contributed by atoms with Gasteiger partial charge >= 0.3 is 5.97 Å². The van der Waals surface area contributed by atoms with Gasteiger partial charge < -0.3 is 10.1 Å². The fourth-order valence-corrected chi connectivity index (χ4v) is 4.18. The van der Waals surface area contributed by atoms with Crippen molar-refractivity contribution < 1.29 is 14.5 Å². The highest BCUT2D eigenvalue weighted by Gasteiger charge is 2.23. The molecule has 0 amide bonds. The fraction of sp³-hybridized carbons (Fsp3) is 0.294. The first-order chi connectivity index (χ1) is 12.0. The molecule has 0 bridgehead atoms. The number of esters is 1. The van der Waals surface area contributed by atoms with Crippen LogP contribution >= 0.6 is 11.3 Å². The number of carbonyl (C=O) groups is 1. The molecule has 0 saturated carbocycles. The van der Waals surface area contributed by atoms with Crippen LogP contribution in [0.5, 0.6) is 0 Å². The van der Waals surface area contributed by atoms with Crippen LogP contribution < -0.4 is 5.32 Å². The van der Waals surface area contributed by atoms with Gasteiger partial charge in [0.1, 0.15) is 16.8 Å². The first-order valence-electron chi connectivity index (χ1n) is 7.73. The molecule has 7 nitrogen and oxygen atoms in total. The number of aryl methyl sites for hydroxylation is 1. The summed E-state index contributed by atoms with van der Waals surface area (Å²) in [5.74, 6) is -0.640. The van der Waals surface area contributed by atoms with E-state index in [2.05, 4.69) is 16.1 Å². The maximum Gasteiger partial charge on any atom is 0.338 e. The van der Waals surface area contributed by atoms with Crippen molar-refractivity contribution in [2.45, 2.75) is 25.7 Å². The van der Waals surface area contributed by atoms with E-state index in [-0.39, 0.29) is 16.9 Å². The Hall–Kier alpha value is -2.92. The van der Waals surface area contributed by atoms with Gasteiger partial charge in [0.25, 0.3) is 5.69 Å². The van der Waals surface area contributed by atoms with Crippen LogP contribution in [0.1, 0.15) is 39.2 Å². The maximum absolute atomic E-state index is 11.6. The van der Waals surface area contributed by atoms with E-state index in [0.29, 0.717) is 10.6 Å². The molecule has 1 aromatic carbocycles. The summed E-state index contributed by atoms with van der Waals surface area (Å²) < 4.78 is 4.60. The quantitative estimate of drug-likeness (QED) is 0.505. The summed E-state index contributed by atoms with van der Waals surface area (Å²) in [7, 11) is 1.22. The van der Waals surface area contributed by atoms with Gasteiger partial charge in [0.2, 0.25) is 0 Å². The summed E-state index contributed by atoms with van der Waals surface area (Å²) in [5, 5.41) is 24.5. The summed E-state index contributed by atoms with van der Waals surface area (Å²) in [6.45, 7) is 0. The van der Waals surface area contributed by atoms with Crippen LogP contribution in [0.3, 0.4) is 0 Å². The zero-order chi connectivity index (χ0) is 18.0. The van der Waals surface area contributed by atoms with Crippen molar-refractivity contribution in [2.24, 2.45) is 0 Å². The van der Waals surface area contributed by atoms with Crippen molar-refractivity contribution in [1.29, 1.82) is 5.26 Å². The molecule has 25 heavy (non-hydrogen) atoms. The van der Waals surface area contributed by atoms with Gasteiger partial charge in [-0.3, -0.25) is 10.1 Å². The highest BCUT2D eigenvalue weighted by atomic mass is 32.1. The van der Waals surface area contributed by atoms with Crippen LogP contribution in [-0.4, -0.2) is 18.0 Å². The first kappa shape index (κ1) is 16.9. The Labute approximate surface area is 148 Å². The second kappa shape index (κ2) is 6.91. The third-order valence-corrected chi connectivity index (χ3v) is 5.35. The molecule has 0 spiro atoms. The summed E-state index contributed by atoms with van der Waals surface area (Å²) in [6.07, 6.45) is 3.93. The van der Waals surface area contributed by atoms with Crippen LogP contribution in [0.15, 0.2) is 18.2 Å². The highest BCUT2D eigenvalue weighted by Crippen LogP contribution is 2.40. The number of nitro benzene ring substituents is 1. The number of nitro groups is 1. The maximum atomic E-state index is 11.6. The second-order valence-corrected chi connectivity index (χ2v) is 6.74. The van der Waals surface area contributed by atoms with E-state index in [1.54, 1.807) is 0 Å². The lowest BCUT2D eigenvalue weighted by atomic mass is 9.96. The van der Waals surface area contributed by atoms with E-state index in [0.717, 1.165) is 31.2 Å². The molecule has 0 saturated heterocycles. The smallest absolute Gasteiger partial charge is 0.338 e. The predicted molar refractivity (Wildman–Crippen MR) is 93.4 cm³/mol. The zero-order valence-corrected chi connectivity index (χ0v) is 14.3. The minimum absolute atomic E-state index is 0.103.